The van der Waals surface area contributed by atoms with Gasteiger partial charge in [-0.15, -0.1) is 0 Å². The topological polar surface area (TPSA) is 40.5 Å². The fraction of sp³-hybridized carbons (Fsp3) is 0.938. The Morgan fingerprint density at radius 3 is 2.37 bits per heavy atom. The first kappa shape index (κ1) is 14.8. The number of aliphatic carboxylic acids is 1. The first-order chi connectivity index (χ1) is 9.06. The maximum atomic E-state index is 10.6. The Kier molecular flexibility index (Phi) is 5.26. The van der Waals surface area contributed by atoms with Gasteiger partial charge in [0.05, 0.1) is 0 Å². The molecule has 0 amide bonds. The van der Waals surface area contributed by atoms with Crippen LogP contribution in [-0.2, 0) is 4.79 Å². The third-order valence-corrected chi connectivity index (χ3v) is 5.50. The van der Waals surface area contributed by atoms with E-state index in [4.69, 9.17) is 5.11 Å². The third kappa shape index (κ3) is 4.20. The highest BCUT2D eigenvalue weighted by Gasteiger charge is 2.30. The van der Waals surface area contributed by atoms with Crippen LogP contribution in [0.25, 0.3) is 0 Å². The molecule has 1 aliphatic carbocycles. The minimum Gasteiger partial charge on any atom is -0.481 e. The molecular weight excluding hydrogens is 238 g/mol. The predicted molar refractivity (Wildman–Crippen MR) is 77.1 cm³/mol. The van der Waals surface area contributed by atoms with Crippen LogP contribution in [0.3, 0.4) is 0 Å². The van der Waals surface area contributed by atoms with Gasteiger partial charge in [0.15, 0.2) is 0 Å². The summed E-state index contributed by atoms with van der Waals surface area (Å²) in [6, 6.07) is 0.798. The van der Waals surface area contributed by atoms with Crippen molar-refractivity contribution < 1.29 is 9.90 Å². The van der Waals surface area contributed by atoms with Gasteiger partial charge in [0.1, 0.15) is 0 Å². The van der Waals surface area contributed by atoms with Crippen molar-refractivity contribution in [2.45, 2.75) is 64.8 Å². The standard InChI is InChI=1S/C16H29NO2/c1-12-3-5-15(11-13(12)2)17-9-7-14(8-10-17)4-6-16(18)19/h12-15H,3-11H2,1-2H3,(H,18,19). The molecule has 3 heteroatoms. The Morgan fingerprint density at radius 1 is 1.11 bits per heavy atom. The van der Waals surface area contributed by atoms with Crippen molar-refractivity contribution in [2.24, 2.45) is 17.8 Å². The molecule has 1 saturated heterocycles. The van der Waals surface area contributed by atoms with Gasteiger partial charge in [0, 0.05) is 12.5 Å². The lowest BCUT2D eigenvalue weighted by Gasteiger charge is -2.42. The van der Waals surface area contributed by atoms with E-state index >= 15 is 0 Å². The first-order valence-corrected chi connectivity index (χ1v) is 8.02. The minimum absolute atomic E-state index is 0.350. The second kappa shape index (κ2) is 6.74. The van der Waals surface area contributed by atoms with E-state index in [0.717, 1.165) is 24.3 Å². The van der Waals surface area contributed by atoms with Crippen molar-refractivity contribution in [2.75, 3.05) is 13.1 Å². The highest BCUT2D eigenvalue weighted by molar-refractivity contribution is 5.66. The van der Waals surface area contributed by atoms with E-state index in [1.807, 2.05) is 0 Å². The number of hydrogen-bond donors (Lipinski definition) is 1. The molecule has 3 atom stereocenters. The van der Waals surface area contributed by atoms with Gasteiger partial charge < -0.3 is 10.0 Å². The molecule has 19 heavy (non-hydrogen) atoms. The van der Waals surface area contributed by atoms with Crippen LogP contribution in [-0.4, -0.2) is 35.1 Å². The van der Waals surface area contributed by atoms with E-state index in [0.29, 0.717) is 12.3 Å². The minimum atomic E-state index is -0.641. The SMILES string of the molecule is CC1CCC(N2CCC(CCC(=O)O)CC2)CC1C. The third-order valence-electron chi connectivity index (χ3n) is 5.50. The highest BCUT2D eigenvalue weighted by Crippen LogP contribution is 2.34. The normalized spacial score (nSPS) is 34.3. The molecule has 0 aromatic rings. The van der Waals surface area contributed by atoms with Crippen LogP contribution < -0.4 is 0 Å². The summed E-state index contributed by atoms with van der Waals surface area (Å²) >= 11 is 0. The van der Waals surface area contributed by atoms with Gasteiger partial charge in [0.25, 0.3) is 0 Å². The fourth-order valence-corrected chi connectivity index (χ4v) is 3.79. The molecule has 110 valence electrons. The van der Waals surface area contributed by atoms with Crippen molar-refractivity contribution in [3.8, 4) is 0 Å². The largest absolute Gasteiger partial charge is 0.481 e. The second-order valence-electron chi connectivity index (χ2n) is 6.83. The van der Waals surface area contributed by atoms with Gasteiger partial charge in [-0.1, -0.05) is 13.8 Å². The lowest BCUT2D eigenvalue weighted by atomic mass is 9.78. The van der Waals surface area contributed by atoms with E-state index in [1.54, 1.807) is 0 Å². The average Bonchev–Trinajstić information content (AvgIpc) is 2.40. The smallest absolute Gasteiger partial charge is 0.303 e. The predicted octanol–water partition coefficient (Wildman–Crippen LogP) is 3.39. The Hall–Kier alpha value is -0.570. The lowest BCUT2D eigenvalue weighted by molar-refractivity contribution is -0.137. The maximum absolute atomic E-state index is 10.6. The zero-order chi connectivity index (χ0) is 13.8. The van der Waals surface area contributed by atoms with Crippen LogP contribution >= 0.6 is 0 Å². The van der Waals surface area contributed by atoms with E-state index in [1.165, 1.54) is 45.2 Å². The molecule has 1 aliphatic heterocycles. The number of carboxylic acids is 1. The molecule has 2 rings (SSSR count). The molecule has 3 unspecified atom stereocenters. The van der Waals surface area contributed by atoms with Gasteiger partial charge in [-0.25, -0.2) is 0 Å². The summed E-state index contributed by atoms with van der Waals surface area (Å²) in [5, 5.41) is 8.74. The van der Waals surface area contributed by atoms with Gasteiger partial charge in [-0.2, -0.15) is 0 Å². The average molecular weight is 267 g/mol. The van der Waals surface area contributed by atoms with Crippen LogP contribution in [0, 0.1) is 17.8 Å². The fourth-order valence-electron chi connectivity index (χ4n) is 3.79. The van der Waals surface area contributed by atoms with Crippen molar-refractivity contribution >= 4 is 5.97 Å². The Balaban J connectivity index is 1.72. The Labute approximate surface area is 117 Å². The van der Waals surface area contributed by atoms with Gasteiger partial charge >= 0.3 is 5.97 Å². The number of hydrogen-bond acceptors (Lipinski definition) is 2. The quantitative estimate of drug-likeness (QED) is 0.849. The molecule has 0 radical (unpaired) electrons. The maximum Gasteiger partial charge on any atom is 0.303 e. The number of carboxylic acid groups (broad SMARTS) is 1. The number of nitrogens with zero attached hydrogens (tertiary/aromatic N) is 1. The molecular formula is C16H29NO2. The van der Waals surface area contributed by atoms with Crippen molar-refractivity contribution in [1.29, 1.82) is 0 Å². The molecule has 3 nitrogen and oxygen atoms in total. The molecule has 0 aromatic carbocycles. The summed E-state index contributed by atoms with van der Waals surface area (Å²) in [6.07, 6.45) is 7.74. The highest BCUT2D eigenvalue weighted by atomic mass is 16.4. The molecule has 1 heterocycles. The summed E-state index contributed by atoms with van der Waals surface area (Å²) in [4.78, 5) is 13.3. The number of carbonyl (C=O) groups is 1. The van der Waals surface area contributed by atoms with Crippen LogP contribution in [0.1, 0.15) is 58.8 Å². The monoisotopic (exact) mass is 267 g/mol. The van der Waals surface area contributed by atoms with Gasteiger partial charge in [0.2, 0.25) is 0 Å². The van der Waals surface area contributed by atoms with Crippen LogP contribution in [0.4, 0.5) is 0 Å². The number of likely N-dealkylation sites (tertiary alicyclic amines) is 1. The summed E-state index contributed by atoms with van der Waals surface area (Å²) in [5.74, 6) is 1.76. The van der Waals surface area contributed by atoms with Crippen LogP contribution in [0.2, 0.25) is 0 Å². The number of piperidine rings is 1. The van der Waals surface area contributed by atoms with E-state index < -0.39 is 5.97 Å². The zero-order valence-electron chi connectivity index (χ0n) is 12.5. The Bertz CT molecular complexity index is 297. The van der Waals surface area contributed by atoms with Crippen LogP contribution in [0.5, 0.6) is 0 Å². The summed E-state index contributed by atoms with van der Waals surface area (Å²) in [5.41, 5.74) is 0. The zero-order valence-corrected chi connectivity index (χ0v) is 12.5. The Morgan fingerprint density at radius 2 is 1.79 bits per heavy atom. The van der Waals surface area contributed by atoms with Crippen molar-refractivity contribution in [3.05, 3.63) is 0 Å². The van der Waals surface area contributed by atoms with Crippen LogP contribution in [0.15, 0.2) is 0 Å². The molecule has 2 aliphatic rings. The van der Waals surface area contributed by atoms with Gasteiger partial charge in [-0.05, 0) is 69.4 Å². The molecule has 2 fully saturated rings. The molecule has 1 saturated carbocycles. The summed E-state index contributed by atoms with van der Waals surface area (Å²) < 4.78 is 0. The first-order valence-electron chi connectivity index (χ1n) is 8.02. The van der Waals surface area contributed by atoms with Gasteiger partial charge in [-0.3, -0.25) is 4.79 Å². The summed E-state index contributed by atoms with van der Waals surface area (Å²) in [6.45, 7) is 7.17. The molecule has 1 N–H and O–H groups in total. The molecule has 0 spiro atoms. The van der Waals surface area contributed by atoms with E-state index in [9.17, 15) is 4.79 Å². The number of rotatable bonds is 4. The van der Waals surface area contributed by atoms with E-state index in [-0.39, 0.29) is 0 Å². The van der Waals surface area contributed by atoms with E-state index in [2.05, 4.69) is 18.7 Å². The summed E-state index contributed by atoms with van der Waals surface area (Å²) in [7, 11) is 0. The lowest BCUT2D eigenvalue weighted by Crippen LogP contribution is -2.44. The van der Waals surface area contributed by atoms with Crippen molar-refractivity contribution in [3.63, 3.8) is 0 Å². The molecule has 0 bridgehead atoms. The second-order valence-corrected chi connectivity index (χ2v) is 6.83. The molecule has 0 aromatic heterocycles. The van der Waals surface area contributed by atoms with Crippen molar-refractivity contribution in [1.82, 2.24) is 4.90 Å².